The van der Waals surface area contributed by atoms with E-state index in [2.05, 4.69) is 5.32 Å². The molecule has 0 radical (unpaired) electrons. The lowest BCUT2D eigenvalue weighted by molar-refractivity contribution is -0.116. The zero-order valence-electron chi connectivity index (χ0n) is 21.8. The Labute approximate surface area is 233 Å². The van der Waals surface area contributed by atoms with Crippen LogP contribution in [0.4, 0.5) is 0 Å². The number of hydrogen-bond acceptors (Lipinski definition) is 10. The normalized spacial score (nSPS) is 11.2. The van der Waals surface area contributed by atoms with Crippen LogP contribution in [0.15, 0.2) is 63.8 Å². The van der Waals surface area contributed by atoms with Gasteiger partial charge in [-0.15, -0.1) is 0 Å². The molecule has 1 aromatic heterocycles. The molecule has 3 aromatic carbocycles. The Hall–Kier alpha value is -5.32. The lowest BCUT2D eigenvalue weighted by Crippen LogP contribution is -2.22. The molecule has 0 saturated heterocycles. The van der Waals surface area contributed by atoms with Crippen molar-refractivity contribution < 1.29 is 44.6 Å². The van der Waals surface area contributed by atoms with Gasteiger partial charge in [0.15, 0.2) is 28.8 Å². The highest BCUT2D eigenvalue weighted by Gasteiger charge is 2.21. The number of nitrogens with one attached hydrogen (secondary N) is 1. The molecule has 0 fully saturated rings. The van der Waals surface area contributed by atoms with E-state index in [0.29, 0.717) is 24.9 Å². The third-order valence-electron chi connectivity index (χ3n) is 6.20. The first-order valence-corrected chi connectivity index (χ1v) is 12.8. The Bertz CT molecular complexity index is 1660. The first kappa shape index (κ1) is 28.7. The molecular weight excluding hydrogens is 534 g/mol. The van der Waals surface area contributed by atoms with E-state index in [4.69, 9.17) is 9.15 Å². The predicted molar refractivity (Wildman–Crippen MR) is 150 cm³/mol. The van der Waals surface area contributed by atoms with Gasteiger partial charge in [-0.1, -0.05) is 18.9 Å². The average Bonchev–Trinajstić information content (AvgIpc) is 2.92. The van der Waals surface area contributed by atoms with Gasteiger partial charge in [0, 0.05) is 30.3 Å². The number of phenolic OH excluding ortho intramolecular Hbond substituents is 6. The largest absolute Gasteiger partial charge is 0.508 e. The van der Waals surface area contributed by atoms with Crippen LogP contribution in [0, 0.1) is 0 Å². The number of fused-ring (bicyclic) bond motifs is 1. The summed E-state index contributed by atoms with van der Waals surface area (Å²) in [6, 6.07) is 10.3. The molecule has 7 N–H and O–H groups in total. The lowest BCUT2D eigenvalue weighted by Gasteiger charge is -2.13. The smallest absolute Gasteiger partial charge is 0.243 e. The SMILES string of the molecule is O=C(/C=C/c1ccc(O)c(O)c1)NCCCCCCOc1c(-c2ccc(O)c(O)c2)oc2cc(O)cc(O)c2c1=O. The minimum Gasteiger partial charge on any atom is -0.508 e. The Morgan fingerprint density at radius 1 is 0.805 bits per heavy atom. The van der Waals surface area contributed by atoms with E-state index in [0.717, 1.165) is 18.9 Å². The van der Waals surface area contributed by atoms with Gasteiger partial charge in [0.05, 0.1) is 6.61 Å². The summed E-state index contributed by atoms with van der Waals surface area (Å²) in [6.07, 6.45) is 5.62. The fraction of sp³-hybridized carbons (Fsp3) is 0.200. The molecule has 11 nitrogen and oxygen atoms in total. The molecule has 41 heavy (non-hydrogen) atoms. The summed E-state index contributed by atoms with van der Waals surface area (Å²) in [4.78, 5) is 25.2. The second-order valence-corrected chi connectivity index (χ2v) is 9.27. The van der Waals surface area contributed by atoms with Crippen LogP contribution < -0.4 is 15.5 Å². The summed E-state index contributed by atoms with van der Waals surface area (Å²) < 4.78 is 11.6. The fourth-order valence-corrected chi connectivity index (χ4v) is 4.10. The number of benzene rings is 3. The average molecular weight is 564 g/mol. The Kier molecular flexibility index (Phi) is 8.88. The van der Waals surface area contributed by atoms with Crippen molar-refractivity contribution in [2.75, 3.05) is 13.2 Å². The first-order valence-electron chi connectivity index (χ1n) is 12.8. The molecule has 0 bridgehead atoms. The van der Waals surface area contributed by atoms with Crippen LogP contribution in [0.3, 0.4) is 0 Å². The molecule has 0 saturated carbocycles. The Morgan fingerprint density at radius 3 is 2.24 bits per heavy atom. The highest BCUT2D eigenvalue weighted by atomic mass is 16.5. The number of phenols is 6. The molecule has 0 aliphatic rings. The number of unbranched alkanes of at least 4 members (excludes halogenated alkanes) is 3. The summed E-state index contributed by atoms with van der Waals surface area (Å²) in [5.74, 6) is -2.62. The van der Waals surface area contributed by atoms with E-state index in [1.54, 1.807) is 6.07 Å². The standard InChI is InChI=1S/C30H29NO10/c32-19-15-24(37)27-25(16-19)41-29(18-7-9-21(34)23(36)14-18)30(28(27)39)40-12-4-2-1-3-11-31-26(38)10-6-17-5-8-20(33)22(35)13-17/h5-10,13-16,32-37H,1-4,11-12H2,(H,31,38)/b10-6+. The molecule has 0 aliphatic heterocycles. The number of ether oxygens (including phenoxy) is 1. The summed E-state index contributed by atoms with van der Waals surface area (Å²) in [5, 5.41) is 61.1. The van der Waals surface area contributed by atoms with Gasteiger partial charge in [-0.3, -0.25) is 9.59 Å². The van der Waals surface area contributed by atoms with E-state index in [9.17, 15) is 40.2 Å². The zero-order chi connectivity index (χ0) is 29.5. The number of carbonyl (C=O) groups excluding carboxylic acids is 1. The van der Waals surface area contributed by atoms with Crippen LogP contribution in [0.25, 0.3) is 28.4 Å². The predicted octanol–water partition coefficient (Wildman–Crippen LogP) is 4.46. The fourth-order valence-electron chi connectivity index (χ4n) is 4.10. The summed E-state index contributed by atoms with van der Waals surface area (Å²) >= 11 is 0. The Balaban J connectivity index is 1.32. The number of aromatic hydroxyl groups is 6. The molecule has 0 spiro atoms. The molecule has 0 atom stereocenters. The monoisotopic (exact) mass is 563 g/mol. The number of hydrogen-bond donors (Lipinski definition) is 7. The maximum atomic E-state index is 13.2. The van der Waals surface area contributed by atoms with Crippen molar-refractivity contribution in [3.8, 4) is 51.6 Å². The maximum Gasteiger partial charge on any atom is 0.243 e. The van der Waals surface area contributed by atoms with Crippen LogP contribution in [0.1, 0.15) is 31.2 Å². The van der Waals surface area contributed by atoms with Gasteiger partial charge in [-0.25, -0.2) is 0 Å². The van der Waals surface area contributed by atoms with Crippen LogP contribution in [-0.4, -0.2) is 49.7 Å². The maximum absolute atomic E-state index is 13.2. The molecule has 1 heterocycles. The lowest BCUT2D eigenvalue weighted by atomic mass is 10.1. The van der Waals surface area contributed by atoms with E-state index < -0.39 is 16.9 Å². The van der Waals surface area contributed by atoms with Crippen molar-refractivity contribution in [2.45, 2.75) is 25.7 Å². The van der Waals surface area contributed by atoms with Crippen molar-refractivity contribution in [1.29, 1.82) is 0 Å². The van der Waals surface area contributed by atoms with Crippen molar-refractivity contribution in [2.24, 2.45) is 0 Å². The minimum absolute atomic E-state index is 0.0407. The number of rotatable bonds is 11. The van der Waals surface area contributed by atoms with Gasteiger partial charge in [0.1, 0.15) is 22.5 Å². The second kappa shape index (κ2) is 12.7. The van der Waals surface area contributed by atoms with E-state index in [1.165, 1.54) is 48.6 Å². The summed E-state index contributed by atoms with van der Waals surface area (Å²) in [5.41, 5.74) is 0.0592. The molecule has 1 amide bonds. The van der Waals surface area contributed by atoms with Gasteiger partial charge in [-0.05, 0) is 54.8 Å². The topological polar surface area (TPSA) is 190 Å². The molecule has 4 aromatic rings. The van der Waals surface area contributed by atoms with Crippen LogP contribution in [-0.2, 0) is 4.79 Å². The van der Waals surface area contributed by atoms with Crippen LogP contribution in [0.2, 0.25) is 0 Å². The van der Waals surface area contributed by atoms with E-state index >= 15 is 0 Å². The van der Waals surface area contributed by atoms with Gasteiger partial charge in [-0.2, -0.15) is 0 Å². The minimum atomic E-state index is -0.662. The van der Waals surface area contributed by atoms with Gasteiger partial charge < -0.3 is 45.1 Å². The molecule has 11 heteroatoms. The third-order valence-corrected chi connectivity index (χ3v) is 6.20. The molecule has 0 aliphatic carbocycles. The molecule has 4 rings (SSSR count). The number of carbonyl (C=O) groups is 1. The van der Waals surface area contributed by atoms with Crippen molar-refractivity contribution >= 4 is 23.0 Å². The molecular formula is C30H29NO10. The molecule has 214 valence electrons. The highest BCUT2D eigenvalue weighted by Crippen LogP contribution is 2.38. The van der Waals surface area contributed by atoms with Crippen molar-refractivity contribution in [3.63, 3.8) is 0 Å². The van der Waals surface area contributed by atoms with Gasteiger partial charge in [0.2, 0.25) is 17.1 Å². The van der Waals surface area contributed by atoms with Crippen LogP contribution in [0.5, 0.6) is 40.2 Å². The second-order valence-electron chi connectivity index (χ2n) is 9.27. The van der Waals surface area contributed by atoms with E-state index in [-0.39, 0.29) is 63.6 Å². The first-order chi connectivity index (χ1) is 19.6. The summed E-state index contributed by atoms with van der Waals surface area (Å²) in [7, 11) is 0. The highest BCUT2D eigenvalue weighted by molar-refractivity contribution is 5.91. The number of amides is 1. The summed E-state index contributed by atoms with van der Waals surface area (Å²) in [6.45, 7) is 0.584. The van der Waals surface area contributed by atoms with Gasteiger partial charge >= 0.3 is 0 Å². The van der Waals surface area contributed by atoms with Crippen LogP contribution >= 0.6 is 0 Å². The quantitative estimate of drug-likeness (QED) is 0.0779. The van der Waals surface area contributed by atoms with Gasteiger partial charge in [0.25, 0.3) is 0 Å². The van der Waals surface area contributed by atoms with Crippen molar-refractivity contribution in [1.82, 2.24) is 5.32 Å². The zero-order valence-corrected chi connectivity index (χ0v) is 21.8. The molecule has 0 unspecified atom stereocenters. The van der Waals surface area contributed by atoms with E-state index in [1.807, 2.05) is 0 Å². The van der Waals surface area contributed by atoms with Crippen molar-refractivity contribution in [3.05, 3.63) is 70.4 Å². The Morgan fingerprint density at radius 2 is 1.51 bits per heavy atom. The third kappa shape index (κ3) is 7.01.